The van der Waals surface area contributed by atoms with Gasteiger partial charge < -0.3 is 15.2 Å². The van der Waals surface area contributed by atoms with Crippen LogP contribution in [-0.2, 0) is 4.79 Å². The lowest BCUT2D eigenvalue weighted by atomic mass is 10.1. The van der Waals surface area contributed by atoms with E-state index < -0.39 is 0 Å². The van der Waals surface area contributed by atoms with Gasteiger partial charge in [-0.05, 0) is 30.2 Å². The number of carbonyl (C=O) groups excluding carboxylic acids is 2. The smallest absolute Gasteiger partial charge is 0.258 e. The van der Waals surface area contributed by atoms with Crippen molar-refractivity contribution in [2.75, 3.05) is 13.2 Å². The van der Waals surface area contributed by atoms with Crippen LogP contribution in [0, 0.1) is 5.92 Å². The molecule has 0 aromatic heterocycles. The van der Waals surface area contributed by atoms with Crippen molar-refractivity contribution in [3.05, 3.63) is 29.8 Å². The van der Waals surface area contributed by atoms with Crippen LogP contribution in [0.4, 0.5) is 0 Å². The summed E-state index contributed by atoms with van der Waals surface area (Å²) < 4.78 is 5.36. The van der Waals surface area contributed by atoms with Crippen molar-refractivity contribution in [2.24, 2.45) is 5.92 Å². The summed E-state index contributed by atoms with van der Waals surface area (Å²) in [7, 11) is 0. The number of ketones is 1. The monoisotopic (exact) mass is 293 g/mol. The predicted octanol–water partition coefficient (Wildman–Crippen LogP) is 1.79. The first kappa shape index (κ1) is 17.2. The van der Waals surface area contributed by atoms with Crippen LogP contribution < -0.4 is 10.1 Å². The number of carbonyl (C=O) groups is 2. The molecule has 0 aliphatic carbocycles. The molecule has 0 heterocycles. The molecule has 1 unspecified atom stereocenters. The maximum atomic E-state index is 11.7. The number of hydrogen-bond donors (Lipinski definition) is 2. The molecule has 1 atom stereocenters. The molecular formula is C16H23NO4. The maximum absolute atomic E-state index is 11.7. The van der Waals surface area contributed by atoms with Gasteiger partial charge >= 0.3 is 0 Å². The first-order valence-corrected chi connectivity index (χ1v) is 7.14. The SMILES string of the molecule is CCC(=O)c1ccc(OCC(=O)NC(CO)C(C)C)cc1. The van der Waals surface area contributed by atoms with Crippen LogP contribution in [-0.4, -0.2) is 36.1 Å². The number of aliphatic hydroxyl groups is 1. The van der Waals surface area contributed by atoms with Crippen molar-refractivity contribution >= 4 is 11.7 Å². The lowest BCUT2D eigenvalue weighted by molar-refractivity contribution is -0.124. The zero-order chi connectivity index (χ0) is 15.8. The summed E-state index contributed by atoms with van der Waals surface area (Å²) in [6.45, 7) is 5.43. The van der Waals surface area contributed by atoms with E-state index in [4.69, 9.17) is 9.84 Å². The van der Waals surface area contributed by atoms with Gasteiger partial charge in [0.25, 0.3) is 5.91 Å². The van der Waals surface area contributed by atoms with Crippen molar-refractivity contribution in [2.45, 2.75) is 33.2 Å². The molecule has 5 heteroatoms. The van der Waals surface area contributed by atoms with Crippen molar-refractivity contribution < 1.29 is 19.4 Å². The third-order valence-electron chi connectivity index (χ3n) is 3.22. The Balaban J connectivity index is 2.48. The molecule has 1 aromatic rings. The van der Waals surface area contributed by atoms with Crippen molar-refractivity contribution in [3.63, 3.8) is 0 Å². The summed E-state index contributed by atoms with van der Waals surface area (Å²) in [5.74, 6) is 0.472. The molecule has 21 heavy (non-hydrogen) atoms. The number of hydrogen-bond acceptors (Lipinski definition) is 4. The van der Waals surface area contributed by atoms with Gasteiger partial charge in [-0.3, -0.25) is 9.59 Å². The Bertz CT molecular complexity index is 468. The van der Waals surface area contributed by atoms with Crippen LogP contribution in [0.15, 0.2) is 24.3 Å². The molecule has 0 saturated carbocycles. The van der Waals surface area contributed by atoms with Gasteiger partial charge in [-0.2, -0.15) is 0 Å². The highest BCUT2D eigenvalue weighted by Crippen LogP contribution is 2.13. The molecule has 0 saturated heterocycles. The van der Waals surface area contributed by atoms with Gasteiger partial charge in [0.2, 0.25) is 0 Å². The highest BCUT2D eigenvalue weighted by Gasteiger charge is 2.15. The number of aliphatic hydroxyl groups excluding tert-OH is 1. The van der Waals surface area contributed by atoms with E-state index >= 15 is 0 Å². The lowest BCUT2D eigenvalue weighted by Gasteiger charge is -2.19. The Labute approximate surface area is 125 Å². The van der Waals surface area contributed by atoms with E-state index in [2.05, 4.69) is 5.32 Å². The Morgan fingerprint density at radius 1 is 1.24 bits per heavy atom. The Kier molecular flexibility index (Phi) is 6.88. The summed E-state index contributed by atoms with van der Waals surface area (Å²) in [5, 5.41) is 11.9. The molecule has 1 aromatic carbocycles. The van der Waals surface area contributed by atoms with Crippen LogP contribution in [0.5, 0.6) is 5.75 Å². The first-order valence-electron chi connectivity index (χ1n) is 7.14. The normalized spacial score (nSPS) is 12.0. The second-order valence-corrected chi connectivity index (χ2v) is 5.19. The minimum absolute atomic E-state index is 0.0713. The maximum Gasteiger partial charge on any atom is 0.258 e. The van der Waals surface area contributed by atoms with E-state index in [1.165, 1.54) is 0 Å². The third-order valence-corrected chi connectivity index (χ3v) is 3.22. The quantitative estimate of drug-likeness (QED) is 0.717. The second-order valence-electron chi connectivity index (χ2n) is 5.19. The van der Waals surface area contributed by atoms with Crippen LogP contribution in [0.25, 0.3) is 0 Å². The molecule has 116 valence electrons. The number of nitrogens with one attached hydrogen (secondary N) is 1. The highest BCUT2D eigenvalue weighted by atomic mass is 16.5. The Hall–Kier alpha value is -1.88. The number of rotatable bonds is 8. The number of Topliss-reactive ketones (excluding diaryl/α,β-unsaturated/α-hetero) is 1. The molecule has 5 nitrogen and oxygen atoms in total. The standard InChI is InChI=1S/C16H23NO4/c1-4-15(19)12-5-7-13(8-6-12)21-10-16(20)17-14(9-18)11(2)3/h5-8,11,14,18H,4,9-10H2,1-3H3,(H,17,20). The van der Waals surface area contributed by atoms with E-state index in [0.717, 1.165) is 0 Å². The lowest BCUT2D eigenvalue weighted by Crippen LogP contribution is -2.43. The molecule has 1 amide bonds. The van der Waals surface area contributed by atoms with Gasteiger partial charge in [0.05, 0.1) is 12.6 Å². The van der Waals surface area contributed by atoms with E-state index in [0.29, 0.717) is 17.7 Å². The van der Waals surface area contributed by atoms with Crippen LogP contribution in [0.1, 0.15) is 37.6 Å². The van der Waals surface area contributed by atoms with E-state index in [1.54, 1.807) is 24.3 Å². The van der Waals surface area contributed by atoms with Gasteiger partial charge in [-0.1, -0.05) is 20.8 Å². The predicted molar refractivity (Wildman–Crippen MR) is 80.4 cm³/mol. The third kappa shape index (κ3) is 5.55. The van der Waals surface area contributed by atoms with Gasteiger partial charge in [0.1, 0.15) is 5.75 Å². The van der Waals surface area contributed by atoms with Crippen LogP contribution >= 0.6 is 0 Å². The van der Waals surface area contributed by atoms with Gasteiger partial charge in [-0.25, -0.2) is 0 Å². The topological polar surface area (TPSA) is 75.6 Å². The molecule has 0 aliphatic heterocycles. The summed E-state index contributed by atoms with van der Waals surface area (Å²) in [5.41, 5.74) is 0.634. The molecular weight excluding hydrogens is 270 g/mol. The summed E-state index contributed by atoms with van der Waals surface area (Å²) in [6.07, 6.45) is 0.459. The van der Waals surface area contributed by atoms with E-state index in [9.17, 15) is 9.59 Å². The molecule has 1 rings (SSSR count). The first-order chi connectivity index (χ1) is 9.97. The van der Waals surface area contributed by atoms with E-state index in [1.807, 2.05) is 20.8 Å². The molecule has 0 aliphatic rings. The average molecular weight is 293 g/mol. The molecule has 0 spiro atoms. The van der Waals surface area contributed by atoms with E-state index in [-0.39, 0.29) is 36.9 Å². The summed E-state index contributed by atoms with van der Waals surface area (Å²) >= 11 is 0. The number of amides is 1. The molecule has 0 fully saturated rings. The van der Waals surface area contributed by atoms with Crippen LogP contribution in [0.3, 0.4) is 0 Å². The molecule has 0 radical (unpaired) electrons. The van der Waals surface area contributed by atoms with Gasteiger partial charge in [0.15, 0.2) is 12.4 Å². The fourth-order valence-corrected chi connectivity index (χ4v) is 1.76. The largest absolute Gasteiger partial charge is 0.484 e. The van der Waals surface area contributed by atoms with Crippen molar-refractivity contribution in [1.29, 1.82) is 0 Å². The Morgan fingerprint density at radius 2 is 1.86 bits per heavy atom. The van der Waals surface area contributed by atoms with Crippen molar-refractivity contribution in [1.82, 2.24) is 5.32 Å². The summed E-state index contributed by atoms with van der Waals surface area (Å²) in [4.78, 5) is 23.2. The Morgan fingerprint density at radius 3 is 2.33 bits per heavy atom. The van der Waals surface area contributed by atoms with Crippen LogP contribution in [0.2, 0.25) is 0 Å². The fraction of sp³-hybridized carbons (Fsp3) is 0.500. The van der Waals surface area contributed by atoms with Crippen molar-refractivity contribution in [3.8, 4) is 5.75 Å². The second kappa shape index (κ2) is 8.42. The highest BCUT2D eigenvalue weighted by molar-refractivity contribution is 5.95. The summed E-state index contributed by atoms with van der Waals surface area (Å²) in [6, 6.07) is 6.43. The number of benzene rings is 1. The fourth-order valence-electron chi connectivity index (χ4n) is 1.76. The van der Waals surface area contributed by atoms with Gasteiger partial charge in [0, 0.05) is 12.0 Å². The zero-order valence-corrected chi connectivity index (χ0v) is 12.8. The number of ether oxygens (including phenoxy) is 1. The zero-order valence-electron chi connectivity index (χ0n) is 12.8. The minimum Gasteiger partial charge on any atom is -0.484 e. The minimum atomic E-state index is -0.281. The molecule has 0 bridgehead atoms. The van der Waals surface area contributed by atoms with Gasteiger partial charge in [-0.15, -0.1) is 0 Å². The molecule has 2 N–H and O–H groups in total. The average Bonchev–Trinajstić information content (AvgIpc) is 2.49.